The van der Waals surface area contributed by atoms with Crippen molar-refractivity contribution < 1.29 is 0 Å². The number of rotatable bonds is 4. The number of nitrogens with zero attached hydrogens (tertiary/aromatic N) is 1. The number of hydrogen-bond acceptors (Lipinski definition) is 2. The normalized spacial score (nSPS) is 12.4. The molecule has 0 saturated carbocycles. The van der Waals surface area contributed by atoms with Crippen LogP contribution in [0.3, 0.4) is 0 Å². The van der Waals surface area contributed by atoms with Crippen LogP contribution in [0.5, 0.6) is 0 Å². The molecule has 0 radical (unpaired) electrons. The lowest BCUT2D eigenvalue weighted by Crippen LogP contribution is -2.18. The van der Waals surface area contributed by atoms with Crippen molar-refractivity contribution in [2.24, 2.45) is 0 Å². The molecular weight excluding hydrogens is 276 g/mol. The molecule has 2 aromatic rings. The van der Waals surface area contributed by atoms with Crippen LogP contribution in [0.25, 0.3) is 0 Å². The van der Waals surface area contributed by atoms with Gasteiger partial charge in [0.1, 0.15) is 0 Å². The summed E-state index contributed by atoms with van der Waals surface area (Å²) in [5.41, 5.74) is 2.34. The van der Waals surface area contributed by atoms with Gasteiger partial charge in [0.2, 0.25) is 0 Å². The number of nitrogens with one attached hydrogen (secondary N) is 1. The van der Waals surface area contributed by atoms with Crippen molar-refractivity contribution in [3.8, 4) is 0 Å². The summed E-state index contributed by atoms with van der Waals surface area (Å²) in [5.74, 6) is 0. The van der Waals surface area contributed by atoms with E-state index in [4.69, 9.17) is 0 Å². The van der Waals surface area contributed by atoms with Gasteiger partial charge in [-0.25, -0.2) is 0 Å². The van der Waals surface area contributed by atoms with E-state index in [0.29, 0.717) is 0 Å². The molecule has 0 aliphatic heterocycles. The molecule has 0 fully saturated rings. The van der Waals surface area contributed by atoms with Crippen molar-refractivity contribution in [3.63, 3.8) is 0 Å². The second kappa shape index (κ2) is 5.94. The van der Waals surface area contributed by atoms with Crippen molar-refractivity contribution in [1.82, 2.24) is 10.3 Å². The van der Waals surface area contributed by atoms with Gasteiger partial charge in [0.05, 0.1) is 5.69 Å². The van der Waals surface area contributed by atoms with Crippen LogP contribution in [0.15, 0.2) is 53.1 Å². The fourth-order valence-electron chi connectivity index (χ4n) is 1.65. The average molecular weight is 291 g/mol. The maximum atomic E-state index is 4.34. The Morgan fingerprint density at radius 1 is 1.24 bits per heavy atom. The Kier molecular flexibility index (Phi) is 4.29. The summed E-state index contributed by atoms with van der Waals surface area (Å²) in [6.45, 7) is 2.97. The summed E-state index contributed by atoms with van der Waals surface area (Å²) >= 11 is 3.47. The Morgan fingerprint density at radius 2 is 2.12 bits per heavy atom. The van der Waals surface area contributed by atoms with Gasteiger partial charge in [-0.3, -0.25) is 4.98 Å². The van der Waals surface area contributed by atoms with Crippen LogP contribution in [-0.2, 0) is 6.54 Å². The van der Waals surface area contributed by atoms with Crippen molar-refractivity contribution >= 4 is 15.9 Å². The van der Waals surface area contributed by atoms with Crippen LogP contribution in [0.2, 0.25) is 0 Å². The fraction of sp³-hybridized carbons (Fsp3) is 0.214. The van der Waals surface area contributed by atoms with Crippen LogP contribution in [0.4, 0.5) is 0 Å². The summed E-state index contributed by atoms with van der Waals surface area (Å²) in [4.78, 5) is 4.34. The zero-order valence-electron chi connectivity index (χ0n) is 9.73. The monoisotopic (exact) mass is 290 g/mol. The van der Waals surface area contributed by atoms with Crippen LogP contribution in [-0.4, -0.2) is 4.98 Å². The maximum absolute atomic E-state index is 4.34. The van der Waals surface area contributed by atoms with E-state index in [9.17, 15) is 0 Å². The van der Waals surface area contributed by atoms with Gasteiger partial charge in [-0.15, -0.1) is 0 Å². The van der Waals surface area contributed by atoms with E-state index >= 15 is 0 Å². The van der Waals surface area contributed by atoms with E-state index in [1.165, 1.54) is 5.56 Å². The number of halogens is 1. The van der Waals surface area contributed by atoms with Gasteiger partial charge < -0.3 is 5.32 Å². The van der Waals surface area contributed by atoms with Crippen molar-refractivity contribution in [2.75, 3.05) is 0 Å². The van der Waals surface area contributed by atoms with Gasteiger partial charge in [-0.2, -0.15) is 0 Å². The summed E-state index contributed by atoms with van der Waals surface area (Å²) in [6, 6.07) is 14.6. The van der Waals surface area contributed by atoms with E-state index in [2.05, 4.69) is 45.3 Å². The first kappa shape index (κ1) is 12.3. The molecular formula is C14H15BrN2. The molecule has 0 bridgehead atoms. The van der Waals surface area contributed by atoms with Crippen molar-refractivity contribution in [2.45, 2.75) is 19.5 Å². The third kappa shape index (κ3) is 3.65. The largest absolute Gasteiger partial charge is 0.305 e. The molecule has 1 atom stereocenters. The van der Waals surface area contributed by atoms with E-state index in [-0.39, 0.29) is 6.04 Å². The molecule has 1 aromatic heterocycles. The first-order chi connectivity index (χ1) is 8.25. The van der Waals surface area contributed by atoms with E-state index in [1.807, 2.05) is 36.5 Å². The Labute approximate surface area is 110 Å². The Morgan fingerprint density at radius 3 is 2.82 bits per heavy atom. The minimum absolute atomic E-state index is 0.259. The zero-order valence-corrected chi connectivity index (χ0v) is 11.3. The minimum atomic E-state index is 0.259. The van der Waals surface area contributed by atoms with Gasteiger partial charge in [-0.1, -0.05) is 34.1 Å². The third-order valence-electron chi connectivity index (χ3n) is 2.63. The summed E-state index contributed by atoms with van der Waals surface area (Å²) < 4.78 is 1.11. The fourth-order valence-corrected chi connectivity index (χ4v) is 2.10. The Balaban J connectivity index is 1.95. The summed E-state index contributed by atoms with van der Waals surface area (Å²) in [7, 11) is 0. The molecule has 88 valence electrons. The lowest BCUT2D eigenvalue weighted by Gasteiger charge is -2.13. The molecule has 0 amide bonds. The van der Waals surface area contributed by atoms with E-state index < -0.39 is 0 Å². The molecule has 1 aromatic carbocycles. The Bertz CT molecular complexity index is 471. The number of benzene rings is 1. The van der Waals surface area contributed by atoms with Crippen molar-refractivity contribution in [1.29, 1.82) is 0 Å². The molecule has 3 heteroatoms. The number of pyridine rings is 1. The molecule has 0 aliphatic rings. The van der Waals surface area contributed by atoms with Crippen LogP contribution in [0.1, 0.15) is 24.2 Å². The lowest BCUT2D eigenvalue weighted by atomic mass is 10.2. The predicted octanol–water partition coefficient (Wildman–Crippen LogP) is 3.69. The molecule has 1 heterocycles. The first-order valence-electron chi connectivity index (χ1n) is 5.64. The molecule has 17 heavy (non-hydrogen) atoms. The summed E-state index contributed by atoms with van der Waals surface area (Å²) in [6.07, 6.45) is 1.83. The average Bonchev–Trinajstić information content (AvgIpc) is 2.37. The second-order valence-electron chi connectivity index (χ2n) is 3.99. The second-order valence-corrected chi connectivity index (χ2v) is 4.90. The predicted molar refractivity (Wildman–Crippen MR) is 73.6 cm³/mol. The highest BCUT2D eigenvalue weighted by Gasteiger charge is 2.05. The molecule has 0 spiro atoms. The van der Waals surface area contributed by atoms with Crippen LogP contribution < -0.4 is 5.32 Å². The highest BCUT2D eigenvalue weighted by atomic mass is 79.9. The molecule has 2 rings (SSSR count). The Hall–Kier alpha value is -1.19. The van der Waals surface area contributed by atoms with Crippen molar-refractivity contribution in [3.05, 3.63) is 64.4 Å². The van der Waals surface area contributed by atoms with Crippen LogP contribution >= 0.6 is 15.9 Å². The van der Waals surface area contributed by atoms with Gasteiger partial charge >= 0.3 is 0 Å². The van der Waals surface area contributed by atoms with Gasteiger partial charge in [0, 0.05) is 23.3 Å². The molecule has 1 N–H and O–H groups in total. The third-order valence-corrected chi connectivity index (χ3v) is 3.13. The van der Waals surface area contributed by atoms with E-state index in [1.54, 1.807) is 0 Å². The highest BCUT2D eigenvalue weighted by molar-refractivity contribution is 9.10. The quantitative estimate of drug-likeness (QED) is 0.929. The van der Waals surface area contributed by atoms with Gasteiger partial charge in [0.15, 0.2) is 0 Å². The molecule has 0 unspecified atom stereocenters. The topological polar surface area (TPSA) is 24.9 Å². The molecule has 0 saturated heterocycles. The SMILES string of the molecule is C[C@H](NCc1cccc(Br)c1)c1ccccn1. The standard InChI is InChI=1S/C14H15BrN2/c1-11(14-7-2-3-8-16-14)17-10-12-5-4-6-13(15)9-12/h2-9,11,17H,10H2,1H3/t11-/m0/s1. The molecule has 0 aliphatic carbocycles. The lowest BCUT2D eigenvalue weighted by molar-refractivity contribution is 0.561. The summed E-state index contributed by atoms with van der Waals surface area (Å²) in [5, 5.41) is 3.46. The minimum Gasteiger partial charge on any atom is -0.305 e. The van der Waals surface area contributed by atoms with Gasteiger partial charge in [0.25, 0.3) is 0 Å². The number of hydrogen-bond donors (Lipinski definition) is 1. The number of aromatic nitrogens is 1. The van der Waals surface area contributed by atoms with Crippen LogP contribution in [0, 0.1) is 0 Å². The van der Waals surface area contributed by atoms with E-state index in [0.717, 1.165) is 16.7 Å². The maximum Gasteiger partial charge on any atom is 0.0570 e. The molecule has 2 nitrogen and oxygen atoms in total. The highest BCUT2D eigenvalue weighted by Crippen LogP contribution is 2.13. The smallest absolute Gasteiger partial charge is 0.0570 e. The first-order valence-corrected chi connectivity index (χ1v) is 6.44. The van der Waals surface area contributed by atoms with Gasteiger partial charge in [-0.05, 0) is 36.8 Å². The zero-order chi connectivity index (χ0) is 12.1.